The third-order valence-electron chi connectivity index (χ3n) is 2.97. The molecule has 0 bridgehead atoms. The number of aryl methyl sites for hydroxylation is 1. The number of benzene rings is 1. The van der Waals surface area contributed by atoms with E-state index in [9.17, 15) is 0 Å². The molecular formula is C18H12N2S2. The molecule has 0 radical (unpaired) electrons. The summed E-state index contributed by atoms with van der Waals surface area (Å²) in [6, 6.07) is 6.14. The Hall–Kier alpha value is -2.40. The van der Waals surface area contributed by atoms with Gasteiger partial charge in [0.05, 0.1) is 0 Å². The van der Waals surface area contributed by atoms with Crippen molar-refractivity contribution in [3.8, 4) is 23.7 Å². The van der Waals surface area contributed by atoms with Crippen LogP contribution in [0.15, 0.2) is 41.4 Å². The number of rotatable bonds is 1. The lowest BCUT2D eigenvalue weighted by Gasteiger charge is -2.01. The largest absolute Gasteiger partial charge is 0.236 e. The van der Waals surface area contributed by atoms with Gasteiger partial charge in [-0.2, -0.15) is 0 Å². The maximum Gasteiger partial charge on any atom is 0.167 e. The van der Waals surface area contributed by atoms with E-state index >= 15 is 0 Å². The maximum absolute atomic E-state index is 4.18. The third-order valence-corrected chi connectivity index (χ3v) is 4.35. The van der Waals surface area contributed by atoms with Crippen molar-refractivity contribution < 1.29 is 0 Å². The van der Waals surface area contributed by atoms with Crippen molar-refractivity contribution in [2.24, 2.45) is 0 Å². The fourth-order valence-corrected chi connectivity index (χ4v) is 2.87. The first kappa shape index (κ1) is 14.5. The Morgan fingerprint density at radius 1 is 0.909 bits per heavy atom. The lowest BCUT2D eigenvalue weighted by atomic mass is 10.0. The molecule has 0 aliphatic heterocycles. The van der Waals surface area contributed by atoms with Crippen LogP contribution in [0.3, 0.4) is 0 Å². The summed E-state index contributed by atoms with van der Waals surface area (Å²) in [7, 11) is 0. The topological polar surface area (TPSA) is 25.8 Å². The van der Waals surface area contributed by atoms with Crippen molar-refractivity contribution in [1.82, 2.24) is 9.97 Å². The molecular weight excluding hydrogens is 308 g/mol. The summed E-state index contributed by atoms with van der Waals surface area (Å²) in [4.78, 5) is 8.35. The SMILES string of the molecule is CCc1cc(C#Cc2nccs2)ccc1C#Cc1nccs1. The number of hydrogen-bond acceptors (Lipinski definition) is 4. The van der Waals surface area contributed by atoms with Gasteiger partial charge in [0.2, 0.25) is 0 Å². The highest BCUT2D eigenvalue weighted by atomic mass is 32.1. The summed E-state index contributed by atoms with van der Waals surface area (Å²) in [6.45, 7) is 2.13. The molecule has 2 nitrogen and oxygen atoms in total. The maximum atomic E-state index is 4.18. The van der Waals surface area contributed by atoms with Gasteiger partial charge < -0.3 is 0 Å². The molecule has 0 saturated carbocycles. The molecule has 0 aliphatic rings. The fraction of sp³-hybridized carbons (Fsp3) is 0.111. The van der Waals surface area contributed by atoms with E-state index in [-0.39, 0.29) is 0 Å². The van der Waals surface area contributed by atoms with E-state index in [2.05, 4.69) is 46.6 Å². The Labute approximate surface area is 137 Å². The van der Waals surface area contributed by atoms with E-state index in [1.54, 1.807) is 35.1 Å². The molecule has 0 amide bonds. The quantitative estimate of drug-likeness (QED) is 0.634. The van der Waals surface area contributed by atoms with Crippen LogP contribution in [-0.4, -0.2) is 9.97 Å². The van der Waals surface area contributed by atoms with Gasteiger partial charge in [0, 0.05) is 34.3 Å². The van der Waals surface area contributed by atoms with Crippen LogP contribution in [0.25, 0.3) is 0 Å². The number of hydrogen-bond donors (Lipinski definition) is 0. The highest BCUT2D eigenvalue weighted by Gasteiger charge is 1.99. The first-order valence-corrected chi connectivity index (χ1v) is 8.57. The van der Waals surface area contributed by atoms with E-state index in [0.717, 1.165) is 27.6 Å². The standard InChI is InChI=1S/C18H12N2S2/c1-2-15-13-14(4-7-17-19-9-11-21-17)3-5-16(15)6-8-18-20-10-12-22-18/h3,5,9-13H,2H2,1H3. The van der Waals surface area contributed by atoms with Crippen molar-refractivity contribution in [3.63, 3.8) is 0 Å². The number of nitrogens with zero attached hydrogens (tertiary/aromatic N) is 2. The van der Waals surface area contributed by atoms with Crippen LogP contribution in [0.1, 0.15) is 33.6 Å². The monoisotopic (exact) mass is 320 g/mol. The van der Waals surface area contributed by atoms with E-state index in [4.69, 9.17) is 0 Å². The number of aromatic nitrogens is 2. The Kier molecular flexibility index (Phi) is 4.65. The van der Waals surface area contributed by atoms with Gasteiger partial charge in [-0.05, 0) is 42.0 Å². The van der Waals surface area contributed by atoms with Gasteiger partial charge in [0.15, 0.2) is 10.0 Å². The smallest absolute Gasteiger partial charge is 0.167 e. The lowest BCUT2D eigenvalue weighted by Crippen LogP contribution is -1.89. The summed E-state index contributed by atoms with van der Waals surface area (Å²) in [6.07, 6.45) is 4.46. The summed E-state index contributed by atoms with van der Waals surface area (Å²) in [5.41, 5.74) is 3.24. The molecule has 0 spiro atoms. The summed E-state index contributed by atoms with van der Waals surface area (Å²) in [5, 5.41) is 5.54. The summed E-state index contributed by atoms with van der Waals surface area (Å²) < 4.78 is 0. The zero-order chi connectivity index (χ0) is 15.2. The molecule has 0 atom stereocenters. The molecule has 0 fully saturated rings. The normalized spacial score (nSPS) is 9.50. The van der Waals surface area contributed by atoms with Crippen LogP contribution >= 0.6 is 22.7 Å². The predicted molar refractivity (Wildman–Crippen MR) is 92.0 cm³/mol. The van der Waals surface area contributed by atoms with Gasteiger partial charge in [0.25, 0.3) is 0 Å². The molecule has 106 valence electrons. The molecule has 4 heteroatoms. The minimum Gasteiger partial charge on any atom is -0.236 e. The molecule has 0 aliphatic carbocycles. The second-order valence-electron chi connectivity index (χ2n) is 4.40. The Balaban J connectivity index is 1.87. The minimum atomic E-state index is 0.839. The Morgan fingerprint density at radius 2 is 1.59 bits per heavy atom. The van der Waals surface area contributed by atoms with Crippen molar-refractivity contribution >= 4 is 22.7 Å². The third kappa shape index (κ3) is 3.62. The summed E-state index contributed by atoms with van der Waals surface area (Å²) >= 11 is 3.10. The van der Waals surface area contributed by atoms with Gasteiger partial charge in [-0.1, -0.05) is 18.8 Å². The second-order valence-corrected chi connectivity index (χ2v) is 6.19. The predicted octanol–water partition coefficient (Wildman–Crippen LogP) is 3.96. The molecule has 2 heterocycles. The van der Waals surface area contributed by atoms with E-state index in [1.165, 1.54) is 5.56 Å². The molecule has 22 heavy (non-hydrogen) atoms. The summed E-state index contributed by atoms with van der Waals surface area (Å²) in [5.74, 6) is 12.5. The fourth-order valence-electron chi connectivity index (χ4n) is 1.90. The highest BCUT2D eigenvalue weighted by molar-refractivity contribution is 7.10. The average Bonchev–Trinajstić information content (AvgIpc) is 3.24. The van der Waals surface area contributed by atoms with Crippen molar-refractivity contribution in [2.45, 2.75) is 13.3 Å². The van der Waals surface area contributed by atoms with Gasteiger partial charge in [-0.25, -0.2) is 9.97 Å². The van der Waals surface area contributed by atoms with E-state index < -0.39 is 0 Å². The van der Waals surface area contributed by atoms with Gasteiger partial charge in [0.1, 0.15) is 0 Å². The van der Waals surface area contributed by atoms with E-state index in [0.29, 0.717) is 0 Å². The molecule has 0 saturated heterocycles. The average molecular weight is 320 g/mol. The number of thiazole rings is 2. The van der Waals surface area contributed by atoms with Crippen LogP contribution in [0, 0.1) is 23.7 Å². The Bertz CT molecular complexity index is 871. The highest BCUT2D eigenvalue weighted by Crippen LogP contribution is 2.13. The molecule has 0 unspecified atom stereocenters. The van der Waals surface area contributed by atoms with Gasteiger partial charge in [-0.15, -0.1) is 22.7 Å². The van der Waals surface area contributed by atoms with Crippen LogP contribution in [0.2, 0.25) is 0 Å². The lowest BCUT2D eigenvalue weighted by molar-refractivity contribution is 1.13. The van der Waals surface area contributed by atoms with Crippen LogP contribution in [-0.2, 0) is 6.42 Å². The Morgan fingerprint density at radius 3 is 2.18 bits per heavy atom. The van der Waals surface area contributed by atoms with Crippen molar-refractivity contribution in [1.29, 1.82) is 0 Å². The van der Waals surface area contributed by atoms with E-state index in [1.807, 2.05) is 22.9 Å². The first-order valence-electron chi connectivity index (χ1n) is 6.81. The van der Waals surface area contributed by atoms with Crippen LogP contribution < -0.4 is 0 Å². The van der Waals surface area contributed by atoms with Gasteiger partial charge in [-0.3, -0.25) is 0 Å². The zero-order valence-corrected chi connectivity index (χ0v) is 13.6. The molecule has 3 rings (SSSR count). The molecule has 1 aromatic carbocycles. The van der Waals surface area contributed by atoms with Crippen LogP contribution in [0.4, 0.5) is 0 Å². The molecule has 0 N–H and O–H groups in total. The van der Waals surface area contributed by atoms with Crippen molar-refractivity contribution in [2.75, 3.05) is 0 Å². The molecule has 2 aromatic heterocycles. The minimum absolute atomic E-state index is 0.839. The van der Waals surface area contributed by atoms with Crippen molar-refractivity contribution in [3.05, 3.63) is 68.1 Å². The zero-order valence-electron chi connectivity index (χ0n) is 12.0. The van der Waals surface area contributed by atoms with Crippen LogP contribution in [0.5, 0.6) is 0 Å². The van der Waals surface area contributed by atoms with Gasteiger partial charge >= 0.3 is 0 Å². The molecule has 3 aromatic rings. The first-order chi connectivity index (χ1) is 10.8. The second kappa shape index (κ2) is 7.04.